The molecule has 0 aliphatic heterocycles. The van der Waals surface area contributed by atoms with Crippen LogP contribution in [0.4, 0.5) is 17.6 Å². The molecule has 160 valence electrons. The summed E-state index contributed by atoms with van der Waals surface area (Å²) in [6, 6.07) is 4.53. The number of carbonyl (C=O) groups is 3. The van der Waals surface area contributed by atoms with E-state index >= 15 is 0 Å². The standard InChI is InChI=1S/C14H15FN2O3S2.C2HF3O2/c15-10-1-2-11-9(3-5-16-11)13(10)14(20)17-6-8-22-21-7-4-12(18)19;3-2(4,5)1(6)7/h1-3,5,16H,4,6-8H2,(H,17,20)(H,18,19);(H,6,7). The van der Waals surface area contributed by atoms with Crippen molar-refractivity contribution in [1.29, 1.82) is 0 Å². The molecule has 2 rings (SSSR count). The van der Waals surface area contributed by atoms with Gasteiger partial charge in [-0.25, -0.2) is 9.18 Å². The molecule has 0 unspecified atom stereocenters. The number of carboxylic acid groups (broad SMARTS) is 2. The van der Waals surface area contributed by atoms with Gasteiger partial charge in [0.2, 0.25) is 0 Å². The summed E-state index contributed by atoms with van der Waals surface area (Å²) in [5, 5.41) is 18.9. The Morgan fingerprint density at radius 2 is 1.69 bits per heavy atom. The maximum Gasteiger partial charge on any atom is 0.490 e. The molecule has 0 aliphatic carbocycles. The van der Waals surface area contributed by atoms with Gasteiger partial charge in [-0.3, -0.25) is 9.59 Å². The van der Waals surface area contributed by atoms with Gasteiger partial charge in [-0.05, 0) is 18.2 Å². The highest BCUT2D eigenvalue weighted by Gasteiger charge is 2.38. The first-order valence-electron chi connectivity index (χ1n) is 7.84. The van der Waals surface area contributed by atoms with Crippen LogP contribution >= 0.6 is 21.6 Å². The zero-order chi connectivity index (χ0) is 22.0. The molecule has 0 saturated heterocycles. The minimum Gasteiger partial charge on any atom is -0.481 e. The van der Waals surface area contributed by atoms with Gasteiger partial charge in [0, 0.05) is 35.2 Å². The van der Waals surface area contributed by atoms with E-state index < -0.39 is 29.8 Å². The van der Waals surface area contributed by atoms with E-state index in [0.29, 0.717) is 29.0 Å². The van der Waals surface area contributed by atoms with Crippen molar-refractivity contribution < 1.29 is 42.2 Å². The topological polar surface area (TPSA) is 119 Å². The molecule has 0 radical (unpaired) electrons. The van der Waals surface area contributed by atoms with E-state index in [9.17, 15) is 27.2 Å². The molecular formula is C16H16F4N2O5S2. The molecule has 4 N–H and O–H groups in total. The quantitative estimate of drug-likeness (QED) is 0.273. The number of H-pyrrole nitrogens is 1. The van der Waals surface area contributed by atoms with Crippen LogP contribution in [0.25, 0.3) is 10.9 Å². The van der Waals surface area contributed by atoms with Crippen molar-refractivity contribution in [3.05, 3.63) is 35.8 Å². The molecule has 1 amide bonds. The van der Waals surface area contributed by atoms with Crippen LogP contribution in [-0.2, 0) is 9.59 Å². The highest BCUT2D eigenvalue weighted by Crippen LogP contribution is 2.22. The average Bonchev–Trinajstić information content (AvgIpc) is 3.08. The van der Waals surface area contributed by atoms with E-state index in [1.165, 1.54) is 27.7 Å². The van der Waals surface area contributed by atoms with Gasteiger partial charge in [0.05, 0.1) is 12.0 Å². The predicted octanol–water partition coefficient (Wildman–Crippen LogP) is 3.53. The molecule has 13 heteroatoms. The molecule has 1 aromatic carbocycles. The van der Waals surface area contributed by atoms with Crippen molar-refractivity contribution in [3.63, 3.8) is 0 Å². The van der Waals surface area contributed by atoms with Crippen LogP contribution in [0.2, 0.25) is 0 Å². The molecule has 0 atom stereocenters. The molecule has 2 aromatic rings. The summed E-state index contributed by atoms with van der Waals surface area (Å²) in [5.41, 5.74) is 0.757. The third kappa shape index (κ3) is 8.64. The van der Waals surface area contributed by atoms with Gasteiger partial charge in [-0.1, -0.05) is 21.6 Å². The molecule has 7 nitrogen and oxygen atoms in total. The van der Waals surface area contributed by atoms with Crippen molar-refractivity contribution in [2.75, 3.05) is 18.1 Å². The molecule has 0 bridgehead atoms. The number of fused-ring (bicyclic) bond motifs is 1. The van der Waals surface area contributed by atoms with Crippen LogP contribution < -0.4 is 5.32 Å². The van der Waals surface area contributed by atoms with Crippen molar-refractivity contribution >= 4 is 50.3 Å². The first-order chi connectivity index (χ1) is 13.5. The minimum atomic E-state index is -5.08. The lowest BCUT2D eigenvalue weighted by Gasteiger charge is -2.07. The zero-order valence-corrected chi connectivity index (χ0v) is 16.2. The number of aliphatic carboxylic acids is 2. The van der Waals surface area contributed by atoms with E-state index in [-0.39, 0.29) is 12.0 Å². The summed E-state index contributed by atoms with van der Waals surface area (Å²) in [7, 11) is 2.92. The van der Waals surface area contributed by atoms with E-state index in [0.717, 1.165) is 0 Å². The number of aromatic amines is 1. The zero-order valence-electron chi connectivity index (χ0n) is 14.6. The summed E-state index contributed by atoms with van der Waals surface area (Å²) in [5.74, 6) is -3.43. The second kappa shape index (κ2) is 11.6. The third-order valence-corrected chi connectivity index (χ3v) is 5.51. The average molecular weight is 456 g/mol. The summed E-state index contributed by atoms with van der Waals surface area (Å²) in [6.07, 6.45) is -3.31. The number of benzene rings is 1. The highest BCUT2D eigenvalue weighted by molar-refractivity contribution is 8.76. The Balaban J connectivity index is 0.000000516. The number of nitrogens with one attached hydrogen (secondary N) is 2. The Kier molecular flexibility index (Phi) is 9.81. The Labute approximate surface area is 169 Å². The van der Waals surface area contributed by atoms with Crippen LogP contribution in [0.5, 0.6) is 0 Å². The van der Waals surface area contributed by atoms with Gasteiger partial charge in [0.15, 0.2) is 0 Å². The fourth-order valence-electron chi connectivity index (χ4n) is 1.88. The summed E-state index contributed by atoms with van der Waals surface area (Å²) < 4.78 is 45.6. The summed E-state index contributed by atoms with van der Waals surface area (Å²) >= 11 is 0. The van der Waals surface area contributed by atoms with Crippen molar-refractivity contribution in [3.8, 4) is 0 Å². The number of rotatable bonds is 8. The number of hydrogen-bond donors (Lipinski definition) is 4. The Hall–Kier alpha value is -2.41. The van der Waals surface area contributed by atoms with E-state index in [4.69, 9.17) is 15.0 Å². The fourth-order valence-corrected chi connectivity index (χ4v) is 3.77. The number of halogens is 4. The second-order valence-corrected chi connectivity index (χ2v) is 7.91. The largest absolute Gasteiger partial charge is 0.490 e. The number of amides is 1. The van der Waals surface area contributed by atoms with Gasteiger partial charge >= 0.3 is 18.1 Å². The van der Waals surface area contributed by atoms with Crippen molar-refractivity contribution in [2.24, 2.45) is 0 Å². The predicted molar refractivity (Wildman–Crippen MR) is 101 cm³/mol. The normalized spacial score (nSPS) is 10.9. The molecule has 1 heterocycles. The fraction of sp³-hybridized carbons (Fsp3) is 0.312. The number of alkyl halides is 3. The SMILES string of the molecule is O=C(O)C(F)(F)F.O=C(O)CCSSCCNC(=O)c1c(F)ccc2[nH]ccc12. The van der Waals surface area contributed by atoms with E-state index in [2.05, 4.69) is 10.3 Å². The number of aromatic nitrogens is 1. The van der Waals surface area contributed by atoms with Crippen LogP contribution in [0, 0.1) is 5.82 Å². The molecule has 0 fully saturated rings. The number of carboxylic acids is 2. The summed E-state index contributed by atoms with van der Waals surface area (Å²) in [6.45, 7) is 0.393. The number of carbonyl (C=O) groups excluding carboxylic acids is 1. The monoisotopic (exact) mass is 456 g/mol. The smallest absolute Gasteiger partial charge is 0.481 e. The number of hydrogen-bond acceptors (Lipinski definition) is 5. The maximum atomic E-state index is 13.9. The molecule has 0 spiro atoms. The van der Waals surface area contributed by atoms with Crippen LogP contribution in [-0.4, -0.2) is 57.3 Å². The lowest BCUT2D eigenvalue weighted by atomic mass is 10.1. The molecule has 0 aliphatic rings. The minimum absolute atomic E-state index is 0.0438. The highest BCUT2D eigenvalue weighted by atomic mass is 33.1. The second-order valence-electron chi connectivity index (χ2n) is 5.21. The lowest BCUT2D eigenvalue weighted by Crippen LogP contribution is -2.26. The molecular weight excluding hydrogens is 440 g/mol. The molecule has 1 aromatic heterocycles. The van der Waals surface area contributed by atoms with Crippen molar-refractivity contribution in [2.45, 2.75) is 12.6 Å². The Morgan fingerprint density at radius 3 is 2.28 bits per heavy atom. The van der Waals surface area contributed by atoms with Gasteiger partial charge in [-0.2, -0.15) is 13.2 Å². The van der Waals surface area contributed by atoms with E-state index in [1.54, 1.807) is 18.3 Å². The Morgan fingerprint density at radius 1 is 1.07 bits per heavy atom. The van der Waals surface area contributed by atoms with Crippen LogP contribution in [0.15, 0.2) is 24.4 Å². The van der Waals surface area contributed by atoms with Gasteiger partial charge in [0.1, 0.15) is 5.82 Å². The summed E-state index contributed by atoms with van der Waals surface area (Å²) in [4.78, 5) is 34.3. The molecule has 0 saturated carbocycles. The van der Waals surface area contributed by atoms with E-state index in [1.807, 2.05) is 0 Å². The van der Waals surface area contributed by atoms with Gasteiger partial charge in [-0.15, -0.1) is 0 Å². The van der Waals surface area contributed by atoms with Crippen LogP contribution in [0.3, 0.4) is 0 Å². The first kappa shape index (κ1) is 24.6. The van der Waals surface area contributed by atoms with Crippen LogP contribution in [0.1, 0.15) is 16.8 Å². The Bertz CT molecular complexity index is 857. The third-order valence-electron chi connectivity index (χ3n) is 3.11. The lowest BCUT2D eigenvalue weighted by molar-refractivity contribution is -0.192. The molecule has 29 heavy (non-hydrogen) atoms. The maximum absolute atomic E-state index is 13.9. The van der Waals surface area contributed by atoms with Crippen molar-refractivity contribution in [1.82, 2.24) is 10.3 Å². The van der Waals surface area contributed by atoms with Gasteiger partial charge in [0.25, 0.3) is 5.91 Å². The van der Waals surface area contributed by atoms with Gasteiger partial charge < -0.3 is 20.5 Å². The first-order valence-corrected chi connectivity index (χ1v) is 10.3.